The van der Waals surface area contributed by atoms with Crippen molar-refractivity contribution >= 4 is 23.0 Å². The minimum absolute atomic E-state index is 0.0417. The molecule has 1 aromatic carbocycles. The predicted molar refractivity (Wildman–Crippen MR) is 109 cm³/mol. The molecule has 1 amide bonds. The second-order valence-corrected chi connectivity index (χ2v) is 7.00. The molecule has 3 heterocycles. The summed E-state index contributed by atoms with van der Waals surface area (Å²) in [6.07, 6.45) is 3.29. The van der Waals surface area contributed by atoms with Crippen molar-refractivity contribution in [3.8, 4) is 17.0 Å². The van der Waals surface area contributed by atoms with E-state index in [9.17, 15) is 4.79 Å². The third kappa shape index (κ3) is 4.00. The Morgan fingerprint density at radius 3 is 2.93 bits per heavy atom. The monoisotopic (exact) mass is 396 g/mol. The number of benzene rings is 1. The fourth-order valence-electron chi connectivity index (χ4n) is 3.62. The summed E-state index contributed by atoms with van der Waals surface area (Å²) in [7, 11) is 1.63. The molecule has 0 bridgehead atoms. The van der Waals surface area contributed by atoms with Crippen LogP contribution in [0.3, 0.4) is 0 Å². The molecule has 1 saturated heterocycles. The van der Waals surface area contributed by atoms with Crippen LogP contribution >= 0.6 is 0 Å². The Morgan fingerprint density at radius 2 is 2.17 bits per heavy atom. The number of H-pyrrole nitrogens is 1. The maximum Gasteiger partial charge on any atom is 0.228 e. The van der Waals surface area contributed by atoms with E-state index in [1.165, 1.54) is 0 Å². The van der Waals surface area contributed by atoms with Crippen LogP contribution in [0.5, 0.6) is 5.75 Å². The number of carbonyl (C=O) groups excluding carboxylic acids is 1. The van der Waals surface area contributed by atoms with Crippen LogP contribution in [0.4, 0.5) is 5.95 Å². The van der Waals surface area contributed by atoms with Crippen molar-refractivity contribution in [1.29, 1.82) is 0 Å². The molecule has 0 spiro atoms. The van der Waals surface area contributed by atoms with Crippen LogP contribution in [0.25, 0.3) is 22.4 Å². The van der Waals surface area contributed by atoms with Crippen LogP contribution in [0.15, 0.2) is 30.6 Å². The zero-order valence-electron chi connectivity index (χ0n) is 16.3. The van der Waals surface area contributed by atoms with Crippen LogP contribution in [-0.2, 0) is 4.79 Å². The van der Waals surface area contributed by atoms with E-state index in [1.54, 1.807) is 13.4 Å². The van der Waals surface area contributed by atoms with Gasteiger partial charge in [0.25, 0.3) is 0 Å². The summed E-state index contributed by atoms with van der Waals surface area (Å²) in [5.74, 6) is 1.14. The molecule has 29 heavy (non-hydrogen) atoms. The zero-order valence-corrected chi connectivity index (χ0v) is 16.3. The number of hydrogen-bond acceptors (Lipinski definition) is 7. The molecule has 152 valence electrons. The molecule has 9 nitrogen and oxygen atoms in total. The molecule has 0 radical (unpaired) electrons. The summed E-state index contributed by atoms with van der Waals surface area (Å²) < 4.78 is 5.24. The van der Waals surface area contributed by atoms with Crippen LogP contribution in [0, 0.1) is 5.92 Å². The maximum atomic E-state index is 12.3. The molecule has 9 heteroatoms. The smallest absolute Gasteiger partial charge is 0.228 e. The van der Waals surface area contributed by atoms with E-state index in [0.29, 0.717) is 18.1 Å². The van der Waals surface area contributed by atoms with Crippen molar-refractivity contribution in [2.24, 2.45) is 5.92 Å². The van der Waals surface area contributed by atoms with Crippen LogP contribution in [0.2, 0.25) is 0 Å². The van der Waals surface area contributed by atoms with Gasteiger partial charge >= 0.3 is 0 Å². The number of hydrogen-bond donors (Lipinski definition) is 3. The van der Waals surface area contributed by atoms with Crippen LogP contribution in [0.1, 0.15) is 12.8 Å². The largest absolute Gasteiger partial charge is 0.497 e. The number of aromatic nitrogens is 4. The highest BCUT2D eigenvalue weighted by Crippen LogP contribution is 2.29. The van der Waals surface area contributed by atoms with Gasteiger partial charge in [0, 0.05) is 25.2 Å². The number of ether oxygens (including phenoxy) is 1. The summed E-state index contributed by atoms with van der Waals surface area (Å²) >= 11 is 0. The van der Waals surface area contributed by atoms with Crippen LogP contribution in [-0.4, -0.2) is 64.3 Å². The number of aliphatic hydroxyl groups is 1. The number of imidazole rings is 1. The Labute approximate surface area is 168 Å². The second-order valence-electron chi connectivity index (χ2n) is 7.00. The number of amides is 1. The lowest BCUT2D eigenvalue weighted by atomic mass is 9.97. The Balaban J connectivity index is 1.64. The van der Waals surface area contributed by atoms with Crippen molar-refractivity contribution in [2.45, 2.75) is 12.8 Å². The molecule has 3 N–H and O–H groups in total. The van der Waals surface area contributed by atoms with Gasteiger partial charge in [-0.1, -0.05) is 0 Å². The first-order chi connectivity index (χ1) is 14.2. The van der Waals surface area contributed by atoms with Gasteiger partial charge in [-0.15, -0.1) is 0 Å². The molecule has 1 aliphatic heterocycles. The number of aliphatic hydroxyl groups excluding tert-OH is 1. The Morgan fingerprint density at radius 1 is 1.34 bits per heavy atom. The third-order valence-corrected chi connectivity index (χ3v) is 5.12. The van der Waals surface area contributed by atoms with Crippen molar-refractivity contribution < 1.29 is 14.6 Å². The molecule has 1 aliphatic rings. The van der Waals surface area contributed by atoms with Gasteiger partial charge in [0.05, 0.1) is 26.0 Å². The summed E-state index contributed by atoms with van der Waals surface area (Å²) in [4.78, 5) is 31.2. The first kappa shape index (κ1) is 19.1. The van der Waals surface area contributed by atoms with Gasteiger partial charge in [0.1, 0.15) is 17.0 Å². The lowest BCUT2D eigenvalue weighted by Crippen LogP contribution is -2.44. The van der Waals surface area contributed by atoms with Gasteiger partial charge in [0.2, 0.25) is 11.9 Å². The second kappa shape index (κ2) is 8.44. The number of anilines is 1. The number of piperidine rings is 1. The Hall–Kier alpha value is -3.20. The zero-order chi connectivity index (χ0) is 20.2. The molecular formula is C20H24N6O3. The summed E-state index contributed by atoms with van der Waals surface area (Å²) in [6.45, 7) is 1.52. The quantitative estimate of drug-likeness (QED) is 0.576. The topological polar surface area (TPSA) is 116 Å². The number of aromatic amines is 1. The van der Waals surface area contributed by atoms with E-state index in [0.717, 1.165) is 41.9 Å². The molecule has 1 fully saturated rings. The summed E-state index contributed by atoms with van der Waals surface area (Å²) in [5, 5.41) is 11.7. The van der Waals surface area contributed by atoms with E-state index in [1.807, 2.05) is 29.2 Å². The molecule has 1 unspecified atom stereocenters. The molecule has 1 atom stereocenters. The van der Waals surface area contributed by atoms with Crippen molar-refractivity contribution in [2.75, 3.05) is 38.3 Å². The van der Waals surface area contributed by atoms with Gasteiger partial charge in [-0.3, -0.25) is 4.79 Å². The normalized spacial score (nSPS) is 16.8. The minimum atomic E-state index is -0.154. The lowest BCUT2D eigenvalue weighted by Gasteiger charge is -2.32. The standard InChI is InChI=1S/C20H24N6O3/c1-29-15-6-4-13(5-7-15)16-17-18(23-12-22-17)25-20(24-16)26-9-2-3-14(11-26)19(28)21-8-10-27/h4-7,12,14,27H,2-3,8-11H2,1H3,(H,21,28)(H,22,23,24,25). The highest BCUT2D eigenvalue weighted by molar-refractivity contribution is 5.88. The maximum absolute atomic E-state index is 12.3. The van der Waals surface area contributed by atoms with Crippen LogP contribution < -0.4 is 15.0 Å². The average molecular weight is 396 g/mol. The van der Waals surface area contributed by atoms with Crippen molar-refractivity contribution in [3.05, 3.63) is 30.6 Å². The first-order valence-corrected chi connectivity index (χ1v) is 9.68. The molecule has 4 rings (SSSR count). The fourth-order valence-corrected chi connectivity index (χ4v) is 3.62. The van der Waals surface area contributed by atoms with E-state index in [-0.39, 0.29) is 25.0 Å². The Kier molecular flexibility index (Phi) is 5.57. The Bertz CT molecular complexity index is 988. The first-order valence-electron chi connectivity index (χ1n) is 9.68. The summed E-state index contributed by atoms with van der Waals surface area (Å²) in [5.41, 5.74) is 3.05. The van der Waals surface area contributed by atoms with Gasteiger partial charge in [0.15, 0.2) is 5.65 Å². The molecule has 3 aromatic rings. The molecule has 0 aliphatic carbocycles. The van der Waals surface area contributed by atoms with Gasteiger partial charge in [-0.2, -0.15) is 4.98 Å². The number of rotatable bonds is 6. The molecular weight excluding hydrogens is 372 g/mol. The van der Waals surface area contributed by atoms with Gasteiger partial charge in [-0.05, 0) is 37.1 Å². The van der Waals surface area contributed by atoms with Gasteiger partial charge < -0.3 is 25.0 Å². The van der Waals surface area contributed by atoms with Crippen molar-refractivity contribution in [3.63, 3.8) is 0 Å². The minimum Gasteiger partial charge on any atom is -0.497 e. The number of fused-ring (bicyclic) bond motifs is 1. The van der Waals surface area contributed by atoms with E-state index in [4.69, 9.17) is 14.8 Å². The molecule has 0 saturated carbocycles. The third-order valence-electron chi connectivity index (χ3n) is 5.12. The van der Waals surface area contributed by atoms with E-state index in [2.05, 4.69) is 20.3 Å². The lowest BCUT2D eigenvalue weighted by molar-refractivity contribution is -0.125. The van der Waals surface area contributed by atoms with Gasteiger partial charge in [-0.25, -0.2) is 9.97 Å². The van der Waals surface area contributed by atoms with E-state index >= 15 is 0 Å². The predicted octanol–water partition coefficient (Wildman–Crippen LogP) is 1.35. The number of methoxy groups -OCH3 is 1. The highest BCUT2D eigenvalue weighted by Gasteiger charge is 2.28. The SMILES string of the molecule is COc1ccc(-c2nc(N3CCCC(C(=O)NCCO)C3)nc3nc[nH]c23)cc1. The highest BCUT2D eigenvalue weighted by atomic mass is 16.5. The summed E-state index contributed by atoms with van der Waals surface area (Å²) in [6, 6.07) is 7.68. The number of carbonyl (C=O) groups is 1. The molecule has 2 aromatic heterocycles. The average Bonchev–Trinajstić information content (AvgIpc) is 3.25. The number of nitrogens with one attached hydrogen (secondary N) is 2. The number of nitrogens with zero attached hydrogens (tertiary/aromatic N) is 4. The van der Waals surface area contributed by atoms with E-state index < -0.39 is 0 Å². The van der Waals surface area contributed by atoms with Crippen molar-refractivity contribution in [1.82, 2.24) is 25.3 Å². The fraction of sp³-hybridized carbons (Fsp3) is 0.400.